The molecule has 0 aliphatic carbocycles. The van der Waals surface area contributed by atoms with Gasteiger partial charge >= 0.3 is 17.9 Å². The van der Waals surface area contributed by atoms with Gasteiger partial charge in [-0.15, -0.1) is 0 Å². The molecule has 42 nitrogen and oxygen atoms in total. The number of hydrogen-bond acceptors (Lipinski definition) is 24. The maximum absolute atomic E-state index is 14.4. The van der Waals surface area contributed by atoms with Crippen molar-refractivity contribution in [2.75, 3.05) is 32.1 Å². The lowest BCUT2D eigenvalue weighted by molar-refractivity contribution is -0.144. The molecule has 1 aliphatic heterocycles. The van der Waals surface area contributed by atoms with Crippen molar-refractivity contribution < 1.29 is 117 Å². The second-order valence-electron chi connectivity index (χ2n) is 25.5. The SMILES string of the molecule is CC[C@H](C)[C@H](NC(=O)[C@H](CCC(=O)O)NC(=O)[C@H](CCCN=C(N)N)NC(=O)[C@H](Cc1ccc(O)cc1)NC(=O)[C@H](CO)NC(=O)[C@@H](N)CC(N)=O)C(=O)N[C@@H](CO)C(=O)N1CCC[C@H]1C(=O)N[C@@H](CCC(N)=O)C(=O)N[C@@H](CC(=O)O)C(=O)N[C@@H](CC(C)C)C(=O)N[C@H](C(=O)N[C@@H](CS)C(=O)O)[C@@H](C)O. The van der Waals surface area contributed by atoms with Gasteiger partial charge in [-0.2, -0.15) is 12.6 Å². The van der Waals surface area contributed by atoms with E-state index in [9.17, 15) is 117 Å². The first-order chi connectivity index (χ1) is 49.7. The summed E-state index contributed by atoms with van der Waals surface area (Å²) in [6.45, 7) is 4.83. The molecule has 0 aromatic heterocycles. The number of aliphatic hydroxyl groups is 3. The van der Waals surface area contributed by atoms with Gasteiger partial charge in [-0.25, -0.2) is 4.79 Å². The Morgan fingerprint density at radius 2 is 1.02 bits per heavy atom. The maximum Gasteiger partial charge on any atom is 0.327 e. The first-order valence-corrected chi connectivity index (χ1v) is 34.3. The van der Waals surface area contributed by atoms with E-state index in [4.69, 9.17) is 28.7 Å². The minimum Gasteiger partial charge on any atom is -0.508 e. The highest BCUT2D eigenvalue weighted by atomic mass is 32.1. The third-order valence-corrected chi connectivity index (χ3v) is 16.8. The van der Waals surface area contributed by atoms with Gasteiger partial charge in [0.05, 0.1) is 38.2 Å². The summed E-state index contributed by atoms with van der Waals surface area (Å²) >= 11 is 3.88. The number of carbonyl (C=O) groups excluding carboxylic acids is 14. The first kappa shape index (κ1) is 91.6. The van der Waals surface area contributed by atoms with Crippen LogP contribution >= 0.6 is 12.6 Å². The molecule has 1 aliphatic rings. The van der Waals surface area contributed by atoms with E-state index in [1.807, 2.05) is 0 Å². The van der Waals surface area contributed by atoms with E-state index in [1.165, 1.54) is 31.2 Å². The number of carboxylic acids is 3. The number of rotatable bonds is 48. The number of nitrogens with one attached hydrogen (secondary N) is 11. The third-order valence-electron chi connectivity index (χ3n) is 16.4. The number of thiol groups is 1. The van der Waals surface area contributed by atoms with Crippen LogP contribution in [0.1, 0.15) is 117 Å². The number of aliphatic carboxylic acids is 3. The van der Waals surface area contributed by atoms with Gasteiger partial charge in [-0.1, -0.05) is 46.2 Å². The molecule has 0 unspecified atom stereocenters. The van der Waals surface area contributed by atoms with Crippen molar-refractivity contribution in [1.29, 1.82) is 0 Å². The van der Waals surface area contributed by atoms with Crippen LogP contribution in [-0.2, 0) is 87.9 Å². The number of aliphatic imine (C=N–C) groups is 1. The molecule has 2 rings (SSSR count). The number of aliphatic hydroxyl groups excluding tert-OH is 3. The number of phenolic OH excluding ortho intramolecular Hbond substituents is 1. The number of nitrogens with zero attached hydrogens (tertiary/aromatic N) is 2. The fourth-order valence-corrected chi connectivity index (χ4v) is 10.7. The largest absolute Gasteiger partial charge is 0.508 e. The summed E-state index contributed by atoms with van der Waals surface area (Å²) in [7, 11) is 0. The molecular weight excluding hydrogens is 1420 g/mol. The number of amides is 14. The second kappa shape index (κ2) is 45.6. The molecule has 15 atom stereocenters. The summed E-state index contributed by atoms with van der Waals surface area (Å²) < 4.78 is 0. The van der Waals surface area contributed by atoms with Crippen LogP contribution in [0.25, 0.3) is 0 Å². The number of benzene rings is 1. The molecule has 0 spiro atoms. The minimum absolute atomic E-state index is 0.0656. The van der Waals surface area contributed by atoms with Crippen LogP contribution in [0.4, 0.5) is 0 Å². The minimum atomic E-state index is -2.04. The zero-order valence-electron chi connectivity index (χ0n) is 59.1. The zero-order valence-corrected chi connectivity index (χ0v) is 60.0. The van der Waals surface area contributed by atoms with Gasteiger partial charge < -0.3 is 128 Å². The summed E-state index contributed by atoms with van der Waals surface area (Å²) in [6, 6.07) is -17.1. The zero-order chi connectivity index (χ0) is 80.4. The molecule has 592 valence electrons. The van der Waals surface area contributed by atoms with Gasteiger partial charge in [0.2, 0.25) is 82.7 Å². The Morgan fingerprint density at radius 3 is 1.54 bits per heavy atom. The predicted octanol–water partition coefficient (Wildman–Crippen LogP) is -9.41. The number of aromatic hydroxyl groups is 1. The van der Waals surface area contributed by atoms with Crippen LogP contribution in [0.3, 0.4) is 0 Å². The van der Waals surface area contributed by atoms with Crippen molar-refractivity contribution in [2.45, 2.75) is 203 Å². The smallest absolute Gasteiger partial charge is 0.327 e. The fraction of sp³-hybridized carbons (Fsp3) is 0.619. The number of carbonyl (C=O) groups is 17. The number of phenols is 1. The molecule has 1 fully saturated rings. The molecular formula is C63H100N18O24S. The highest BCUT2D eigenvalue weighted by Gasteiger charge is 2.42. The van der Waals surface area contributed by atoms with E-state index in [2.05, 4.69) is 76.1 Å². The monoisotopic (exact) mass is 1520 g/mol. The number of guanidine groups is 1. The van der Waals surface area contributed by atoms with Crippen LogP contribution in [-0.4, -0.2) is 264 Å². The summed E-state index contributed by atoms with van der Waals surface area (Å²) in [6.07, 6.45) is -7.00. The van der Waals surface area contributed by atoms with Crippen molar-refractivity contribution in [2.24, 2.45) is 45.5 Å². The molecule has 106 heavy (non-hydrogen) atoms. The Kier molecular flexibility index (Phi) is 39.4. The van der Waals surface area contributed by atoms with Crippen molar-refractivity contribution in [1.82, 2.24) is 63.4 Å². The normalized spacial score (nSPS) is 16.5. The summed E-state index contributed by atoms with van der Waals surface area (Å²) in [4.78, 5) is 231. The number of likely N-dealkylation sites (tertiary alicyclic amines) is 1. The molecule has 14 amide bonds. The van der Waals surface area contributed by atoms with Crippen LogP contribution in [0, 0.1) is 11.8 Å². The fourth-order valence-electron chi connectivity index (χ4n) is 10.5. The van der Waals surface area contributed by atoms with E-state index in [1.54, 1.807) is 20.8 Å². The van der Waals surface area contributed by atoms with E-state index in [-0.39, 0.29) is 75.5 Å². The number of primary amides is 2. The molecule has 1 aromatic rings. The maximum atomic E-state index is 14.4. The van der Waals surface area contributed by atoms with Crippen molar-refractivity contribution in [3.8, 4) is 5.75 Å². The van der Waals surface area contributed by atoms with Crippen LogP contribution in [0.5, 0.6) is 5.75 Å². The molecule has 0 saturated carbocycles. The molecule has 1 heterocycles. The summed E-state index contributed by atoms with van der Waals surface area (Å²) in [5.41, 5.74) is 27.5. The van der Waals surface area contributed by atoms with E-state index < -0.39 is 249 Å². The standard InChI is InChI=1S/C63H100N18O24S/c1-6-29(4)48(79-53(95)36(16-18-46(88)89)71-51(93)34(9-7-19-69-63(67)68)70-54(96)38(22-31-11-13-32(85)14-12-31)74-57(99)40(25-82)76-50(92)33(64)23-45(66)87)59(101)77-41(26-83)61(103)81-20-8-10-43(81)58(100)72-35(15-17-44(65)86)52(94)75-39(24-47(90)91)55(97)73-37(21-28(2)3)56(98)80-49(30(5)84)60(102)78-42(27-106)62(104)105/h11-14,28-30,33-43,48-49,82-85,106H,6-10,15-27,64H2,1-5H3,(H2,65,86)(H2,66,87)(H,70,96)(H,71,93)(H,72,100)(H,73,97)(H,74,99)(H,75,94)(H,76,92)(H,77,101)(H,78,102)(H,79,95)(H,80,98)(H,88,89)(H,90,91)(H,104,105)(H4,67,68,69)/t29-,30+,33-,34-,35-,36-,37-,38-,39-,40-,41-,42-,43-,48-,49-/m0/s1. The topological polar surface area (TPSA) is 710 Å². The van der Waals surface area contributed by atoms with Gasteiger partial charge in [0.15, 0.2) is 5.96 Å². The highest BCUT2D eigenvalue weighted by molar-refractivity contribution is 7.80. The summed E-state index contributed by atoms with van der Waals surface area (Å²) in [5.74, 6) is -22.6. The van der Waals surface area contributed by atoms with E-state index >= 15 is 0 Å². The van der Waals surface area contributed by atoms with Gasteiger partial charge in [-0.05, 0) is 81.4 Å². The molecule has 43 heteroatoms. The van der Waals surface area contributed by atoms with E-state index in [0.717, 1.165) is 11.8 Å². The Labute approximate surface area is 613 Å². The van der Waals surface area contributed by atoms with Gasteiger partial charge in [-0.3, -0.25) is 81.7 Å². The van der Waals surface area contributed by atoms with Crippen LogP contribution < -0.4 is 87.2 Å². The molecule has 28 N–H and O–H groups in total. The molecule has 0 radical (unpaired) electrons. The average Bonchev–Trinajstić information content (AvgIpc) is 1.60. The second-order valence-corrected chi connectivity index (χ2v) is 25.9. The Bertz CT molecular complexity index is 3310. The van der Waals surface area contributed by atoms with Gasteiger partial charge in [0.25, 0.3) is 0 Å². The summed E-state index contributed by atoms with van der Waals surface area (Å²) in [5, 5.41) is 95.5. The Morgan fingerprint density at radius 1 is 0.547 bits per heavy atom. The molecule has 1 aromatic carbocycles. The average molecular weight is 1530 g/mol. The Hall–Kier alpha value is -10.5. The number of carboxylic acid groups (broad SMARTS) is 3. The van der Waals surface area contributed by atoms with Gasteiger partial charge in [0, 0.05) is 38.1 Å². The lowest BCUT2D eigenvalue weighted by atomic mass is 9.97. The molecule has 1 saturated heterocycles. The first-order valence-electron chi connectivity index (χ1n) is 33.7. The number of hydrogen-bond donors (Lipinski definition) is 24. The molecule has 0 bridgehead atoms. The predicted molar refractivity (Wildman–Crippen MR) is 373 cm³/mol. The lowest BCUT2D eigenvalue weighted by Crippen LogP contribution is -2.62. The number of nitrogens with two attached hydrogens (primary N) is 5. The Balaban J connectivity index is 2.50. The van der Waals surface area contributed by atoms with Crippen LogP contribution in [0.15, 0.2) is 29.3 Å². The van der Waals surface area contributed by atoms with Gasteiger partial charge in [0.1, 0.15) is 78.3 Å². The van der Waals surface area contributed by atoms with Crippen molar-refractivity contribution >= 4 is 119 Å². The highest BCUT2D eigenvalue weighted by Crippen LogP contribution is 2.21. The third kappa shape index (κ3) is 31.8. The van der Waals surface area contributed by atoms with Crippen molar-refractivity contribution in [3.63, 3.8) is 0 Å². The van der Waals surface area contributed by atoms with Crippen LogP contribution in [0.2, 0.25) is 0 Å². The quantitative estimate of drug-likeness (QED) is 0.0125. The van der Waals surface area contributed by atoms with E-state index in [0.29, 0.717) is 5.56 Å². The van der Waals surface area contributed by atoms with Crippen molar-refractivity contribution in [3.05, 3.63) is 29.8 Å². The lowest BCUT2D eigenvalue weighted by Gasteiger charge is -2.31.